The molecule has 4 aromatic heterocycles. The molecule has 0 N–H and O–H groups in total. The maximum Gasteiger partial charge on any atom is 0.177 e. The van der Waals surface area contributed by atoms with Crippen molar-refractivity contribution in [2.24, 2.45) is 0 Å². The number of piperidine rings is 1. The molecule has 1 saturated heterocycles. The predicted molar refractivity (Wildman–Crippen MR) is 103 cm³/mol. The molecule has 7 nitrogen and oxygen atoms in total. The lowest BCUT2D eigenvalue weighted by Crippen LogP contribution is -2.33. The molecule has 0 atom stereocenters. The lowest BCUT2D eigenvalue weighted by atomic mass is 9.96. The summed E-state index contributed by atoms with van der Waals surface area (Å²) in [5.74, 6) is 1.35. The molecule has 0 saturated carbocycles. The average Bonchev–Trinajstić information content (AvgIpc) is 3.39. The van der Waals surface area contributed by atoms with Gasteiger partial charge in [-0.25, -0.2) is 4.37 Å². The predicted octanol–water partition coefficient (Wildman–Crippen LogP) is 3.02. The van der Waals surface area contributed by atoms with Crippen LogP contribution in [-0.4, -0.2) is 47.2 Å². The molecule has 1 aliphatic rings. The van der Waals surface area contributed by atoms with Crippen molar-refractivity contribution in [1.29, 1.82) is 0 Å². The molecule has 5 heterocycles. The van der Waals surface area contributed by atoms with Gasteiger partial charge in [0.1, 0.15) is 0 Å². The van der Waals surface area contributed by atoms with Crippen LogP contribution in [0.2, 0.25) is 0 Å². The Morgan fingerprint density at radius 3 is 2.78 bits per heavy atom. The first-order chi connectivity index (χ1) is 13.4. The van der Waals surface area contributed by atoms with Gasteiger partial charge in [-0.1, -0.05) is 0 Å². The second kappa shape index (κ2) is 7.13. The van der Waals surface area contributed by atoms with Crippen molar-refractivity contribution in [2.75, 3.05) is 13.1 Å². The summed E-state index contributed by atoms with van der Waals surface area (Å²) in [7, 11) is 0. The van der Waals surface area contributed by atoms with Gasteiger partial charge in [0.15, 0.2) is 11.5 Å². The third-order valence-electron chi connectivity index (χ3n) is 5.09. The normalized spacial score (nSPS) is 16.1. The molecular formula is C19H19N7S. The Labute approximate surface area is 160 Å². The maximum absolute atomic E-state index is 4.79. The molecule has 27 heavy (non-hydrogen) atoms. The van der Waals surface area contributed by atoms with Gasteiger partial charge in [-0.15, -0.1) is 10.2 Å². The fourth-order valence-electron chi connectivity index (χ4n) is 3.64. The number of hydrogen-bond donors (Lipinski definition) is 0. The maximum atomic E-state index is 4.79. The zero-order chi connectivity index (χ0) is 18.1. The van der Waals surface area contributed by atoms with Crippen LogP contribution in [0.25, 0.3) is 16.9 Å². The molecule has 0 amide bonds. The summed E-state index contributed by atoms with van der Waals surface area (Å²) in [5, 5.41) is 15.7. The van der Waals surface area contributed by atoms with Crippen molar-refractivity contribution in [1.82, 2.24) is 34.1 Å². The lowest BCUT2D eigenvalue weighted by Gasteiger charge is -2.30. The van der Waals surface area contributed by atoms with E-state index in [1.807, 2.05) is 41.2 Å². The van der Waals surface area contributed by atoms with Gasteiger partial charge >= 0.3 is 0 Å². The number of fused-ring (bicyclic) bond motifs is 1. The number of hydrogen-bond acceptors (Lipinski definition) is 7. The number of likely N-dealkylation sites (tertiary alicyclic amines) is 1. The Bertz CT molecular complexity index is 1020. The second-order valence-corrected chi connectivity index (χ2v) is 7.53. The Morgan fingerprint density at radius 1 is 1.07 bits per heavy atom. The average molecular weight is 377 g/mol. The van der Waals surface area contributed by atoms with Gasteiger partial charge in [-0.05, 0) is 67.3 Å². The van der Waals surface area contributed by atoms with Crippen molar-refractivity contribution < 1.29 is 0 Å². The standard InChI is InChI=1S/C19H19N7S/c1-2-16(11-20-7-1)17-3-4-18-22-23-19(26(18)24-17)15-5-8-25(9-6-15)12-14-10-21-27-13-14/h1-4,7,10-11,13,15H,5-6,8-9,12H2. The van der Waals surface area contributed by atoms with E-state index >= 15 is 0 Å². The Balaban J connectivity index is 1.36. The largest absolute Gasteiger partial charge is 0.299 e. The van der Waals surface area contributed by atoms with Crippen LogP contribution in [0, 0.1) is 0 Å². The van der Waals surface area contributed by atoms with E-state index in [-0.39, 0.29) is 0 Å². The highest BCUT2D eigenvalue weighted by molar-refractivity contribution is 7.03. The molecule has 0 spiro atoms. The highest BCUT2D eigenvalue weighted by atomic mass is 32.1. The number of nitrogens with zero attached hydrogens (tertiary/aromatic N) is 7. The summed E-state index contributed by atoms with van der Waals surface area (Å²) >= 11 is 1.52. The third-order valence-corrected chi connectivity index (χ3v) is 5.72. The Hall–Kier alpha value is -2.71. The van der Waals surface area contributed by atoms with E-state index in [0.29, 0.717) is 5.92 Å². The summed E-state index contributed by atoms with van der Waals surface area (Å²) in [6.07, 6.45) is 7.70. The molecule has 136 valence electrons. The molecule has 1 fully saturated rings. The van der Waals surface area contributed by atoms with Crippen LogP contribution < -0.4 is 0 Å². The van der Waals surface area contributed by atoms with Crippen molar-refractivity contribution >= 4 is 17.2 Å². The highest BCUT2D eigenvalue weighted by Gasteiger charge is 2.25. The van der Waals surface area contributed by atoms with Crippen LogP contribution in [0.15, 0.2) is 48.2 Å². The fraction of sp³-hybridized carbons (Fsp3) is 0.316. The highest BCUT2D eigenvalue weighted by Crippen LogP contribution is 2.28. The van der Waals surface area contributed by atoms with Crippen LogP contribution in [0.1, 0.15) is 30.1 Å². The first-order valence-corrected chi connectivity index (χ1v) is 9.94. The summed E-state index contributed by atoms with van der Waals surface area (Å²) in [6.45, 7) is 3.09. The van der Waals surface area contributed by atoms with Gasteiger partial charge in [0.25, 0.3) is 0 Å². The van der Waals surface area contributed by atoms with E-state index in [1.54, 1.807) is 6.20 Å². The van der Waals surface area contributed by atoms with Crippen LogP contribution in [0.3, 0.4) is 0 Å². The molecule has 0 unspecified atom stereocenters. The SMILES string of the molecule is c1cncc(-c2ccc3nnc(C4CCN(Cc5cnsc5)CC4)n3n2)c1. The first kappa shape index (κ1) is 16.5. The Kier molecular flexibility index (Phi) is 4.35. The molecule has 0 bridgehead atoms. The monoisotopic (exact) mass is 377 g/mol. The van der Waals surface area contributed by atoms with Gasteiger partial charge < -0.3 is 0 Å². The van der Waals surface area contributed by atoms with Gasteiger partial charge in [-0.2, -0.15) is 9.61 Å². The minimum atomic E-state index is 0.383. The van der Waals surface area contributed by atoms with Crippen molar-refractivity contribution in [2.45, 2.75) is 25.3 Å². The van der Waals surface area contributed by atoms with Crippen LogP contribution in [0.5, 0.6) is 0 Å². The van der Waals surface area contributed by atoms with E-state index < -0.39 is 0 Å². The van der Waals surface area contributed by atoms with Crippen molar-refractivity contribution in [3.8, 4) is 11.3 Å². The van der Waals surface area contributed by atoms with Crippen molar-refractivity contribution in [3.63, 3.8) is 0 Å². The first-order valence-electron chi connectivity index (χ1n) is 9.10. The van der Waals surface area contributed by atoms with Gasteiger partial charge in [0.05, 0.1) is 5.69 Å². The second-order valence-electron chi connectivity index (χ2n) is 6.87. The molecule has 5 rings (SSSR count). The van der Waals surface area contributed by atoms with Crippen LogP contribution >= 0.6 is 11.5 Å². The van der Waals surface area contributed by atoms with Crippen LogP contribution in [-0.2, 0) is 6.54 Å². The zero-order valence-corrected chi connectivity index (χ0v) is 15.6. The molecular weight excluding hydrogens is 358 g/mol. The summed E-state index contributed by atoms with van der Waals surface area (Å²) < 4.78 is 6.10. The minimum Gasteiger partial charge on any atom is -0.299 e. The zero-order valence-electron chi connectivity index (χ0n) is 14.8. The summed E-state index contributed by atoms with van der Waals surface area (Å²) in [4.78, 5) is 6.67. The van der Waals surface area contributed by atoms with E-state index in [0.717, 1.165) is 55.2 Å². The van der Waals surface area contributed by atoms with E-state index in [4.69, 9.17) is 5.10 Å². The molecule has 8 heteroatoms. The molecule has 0 radical (unpaired) electrons. The molecule has 1 aliphatic heterocycles. The van der Waals surface area contributed by atoms with Crippen molar-refractivity contribution in [3.05, 3.63) is 59.6 Å². The van der Waals surface area contributed by atoms with E-state index in [9.17, 15) is 0 Å². The smallest absolute Gasteiger partial charge is 0.177 e. The number of pyridine rings is 1. The summed E-state index contributed by atoms with van der Waals surface area (Å²) in [5.41, 5.74) is 3.98. The number of rotatable bonds is 4. The molecule has 0 aromatic carbocycles. The lowest BCUT2D eigenvalue weighted by molar-refractivity contribution is 0.201. The number of aromatic nitrogens is 6. The Morgan fingerprint density at radius 2 is 2.00 bits per heavy atom. The topological polar surface area (TPSA) is 72.1 Å². The summed E-state index contributed by atoms with van der Waals surface area (Å²) in [6, 6.07) is 7.89. The van der Waals surface area contributed by atoms with Crippen LogP contribution in [0.4, 0.5) is 0 Å². The van der Waals surface area contributed by atoms with Gasteiger partial charge in [-0.3, -0.25) is 9.88 Å². The van der Waals surface area contributed by atoms with Gasteiger partial charge in [0, 0.05) is 42.0 Å². The molecule has 4 aromatic rings. The van der Waals surface area contributed by atoms with E-state index in [2.05, 4.69) is 29.8 Å². The fourth-order valence-corrected chi connectivity index (χ4v) is 4.17. The minimum absolute atomic E-state index is 0.383. The van der Waals surface area contributed by atoms with Gasteiger partial charge in [0.2, 0.25) is 0 Å². The van der Waals surface area contributed by atoms with E-state index in [1.165, 1.54) is 17.1 Å². The third kappa shape index (κ3) is 3.33. The quantitative estimate of drug-likeness (QED) is 0.544. The molecule has 0 aliphatic carbocycles.